The van der Waals surface area contributed by atoms with Gasteiger partial charge in [0.05, 0.1) is 0 Å². The van der Waals surface area contributed by atoms with Gasteiger partial charge in [-0.05, 0) is 24.6 Å². The van der Waals surface area contributed by atoms with Crippen molar-refractivity contribution in [1.29, 1.82) is 0 Å². The van der Waals surface area contributed by atoms with Gasteiger partial charge in [-0.2, -0.15) is 0 Å². The summed E-state index contributed by atoms with van der Waals surface area (Å²) >= 11 is 4.80. The molecule has 0 aliphatic rings. The molecule has 0 aliphatic carbocycles. The Morgan fingerprint density at radius 2 is 1.60 bits per heavy atom. The van der Waals surface area contributed by atoms with Gasteiger partial charge in [-0.3, -0.25) is 0 Å². The van der Waals surface area contributed by atoms with Crippen LogP contribution in [0.2, 0.25) is 9.88 Å². The van der Waals surface area contributed by atoms with Crippen molar-refractivity contribution in [3.05, 3.63) is 0 Å². The molecule has 0 aromatic rings. The molecule has 0 saturated carbocycles. The molecule has 0 saturated heterocycles. The predicted molar refractivity (Wildman–Crippen MR) is 75.2 cm³/mol. The van der Waals surface area contributed by atoms with E-state index in [0.717, 1.165) is 12.3 Å². The molecule has 0 aliphatic heterocycles. The van der Waals surface area contributed by atoms with E-state index in [1.54, 1.807) is 0 Å². The summed E-state index contributed by atoms with van der Waals surface area (Å²) in [6, 6.07) is 0. The molecule has 1 N–H and O–H groups in total. The number of aliphatic hydroxyl groups excluding tert-OH is 1. The van der Waals surface area contributed by atoms with Gasteiger partial charge in [0.15, 0.2) is 5.05 Å². The third-order valence-corrected chi connectivity index (χ3v) is 2.13. The first kappa shape index (κ1) is 18.1. The second-order valence-corrected chi connectivity index (χ2v) is 7.57. The Morgan fingerprint density at radius 3 is 2.00 bits per heavy atom. The van der Waals surface area contributed by atoms with Gasteiger partial charge < -0.3 is 5.11 Å². The molecular weight excluding hydrogens is 311 g/mol. The van der Waals surface area contributed by atoms with Crippen molar-refractivity contribution in [1.82, 2.24) is 0 Å². The van der Waals surface area contributed by atoms with E-state index in [1.807, 2.05) is 0 Å². The maximum atomic E-state index is 8.73. The van der Waals surface area contributed by atoms with Crippen molar-refractivity contribution in [2.24, 2.45) is 5.92 Å². The van der Waals surface area contributed by atoms with Crippen LogP contribution in [0.5, 0.6) is 0 Å². The Balaban J connectivity index is 0. The summed E-state index contributed by atoms with van der Waals surface area (Å²) in [7, 11) is 0. The van der Waals surface area contributed by atoms with Crippen molar-refractivity contribution < 1.29 is 5.11 Å². The molecule has 0 rings (SSSR count). The fourth-order valence-corrected chi connectivity index (χ4v) is 1.33. The number of hydrogen-bond acceptors (Lipinski definition) is 1. The Hall–Kier alpha value is 0.689. The first-order valence-electron chi connectivity index (χ1n) is 5.84. The summed E-state index contributed by atoms with van der Waals surface area (Å²) in [5, 5.41) is 8.89. The molecule has 0 atom stereocenters. The zero-order valence-corrected chi connectivity index (χ0v) is 14.3. The van der Waals surface area contributed by atoms with Gasteiger partial charge in [0, 0.05) is 6.42 Å². The summed E-state index contributed by atoms with van der Waals surface area (Å²) in [6.07, 6.45) is 6.87. The van der Waals surface area contributed by atoms with Crippen molar-refractivity contribution in [3.63, 3.8) is 0 Å². The van der Waals surface area contributed by atoms with Crippen LogP contribution in [0.3, 0.4) is 0 Å². The van der Waals surface area contributed by atoms with Gasteiger partial charge in [0.2, 0.25) is 0 Å². The molecule has 1 nitrogen and oxygen atoms in total. The SMILES string of the molecule is CC(C)CCCCCCC(O)=S.[CH3][Sn][CH3]. The third kappa shape index (κ3) is 25.2. The van der Waals surface area contributed by atoms with Crippen molar-refractivity contribution in [2.45, 2.75) is 62.3 Å². The van der Waals surface area contributed by atoms with Crippen LogP contribution in [0.4, 0.5) is 0 Å². The third-order valence-electron chi connectivity index (χ3n) is 1.92. The second-order valence-electron chi connectivity index (χ2n) is 4.24. The summed E-state index contributed by atoms with van der Waals surface area (Å²) in [4.78, 5) is 4.59. The summed E-state index contributed by atoms with van der Waals surface area (Å²) in [6.45, 7) is 4.51. The fraction of sp³-hybridized carbons (Fsp3) is 0.917. The van der Waals surface area contributed by atoms with E-state index in [9.17, 15) is 0 Å². The van der Waals surface area contributed by atoms with Crippen LogP contribution in [0.25, 0.3) is 0 Å². The average Bonchev–Trinajstić information content (AvgIpc) is 2.11. The zero-order valence-electron chi connectivity index (χ0n) is 10.7. The maximum absolute atomic E-state index is 8.73. The summed E-state index contributed by atoms with van der Waals surface area (Å²) < 4.78 is 0. The van der Waals surface area contributed by atoms with Gasteiger partial charge >= 0.3 is 31.0 Å². The number of thiocarbonyl (C=S) groups is 1. The van der Waals surface area contributed by atoms with E-state index >= 15 is 0 Å². The van der Waals surface area contributed by atoms with Crippen LogP contribution in [-0.2, 0) is 0 Å². The number of unbranched alkanes of at least 4 members (excludes halogenated alkanes) is 3. The van der Waals surface area contributed by atoms with Crippen molar-refractivity contribution in [3.8, 4) is 0 Å². The Morgan fingerprint density at radius 1 is 1.13 bits per heavy atom. The molecule has 0 spiro atoms. The van der Waals surface area contributed by atoms with Gasteiger partial charge in [0.25, 0.3) is 0 Å². The molecule has 0 aromatic carbocycles. The normalized spacial score (nSPS) is 9.67. The molecule has 0 bridgehead atoms. The standard InChI is InChI=1S/C10H20OS.2CH3.Sn/c1-9(2)7-5-3-4-6-8-10(11)12;;;/h9H,3-8H2,1-2H3,(H,11,12);2*1H3;. The molecule has 0 amide bonds. The van der Waals surface area contributed by atoms with E-state index in [1.165, 1.54) is 25.7 Å². The monoisotopic (exact) mass is 338 g/mol. The van der Waals surface area contributed by atoms with Crippen LogP contribution >= 0.6 is 12.2 Å². The van der Waals surface area contributed by atoms with Gasteiger partial charge in [-0.1, -0.05) is 39.5 Å². The Labute approximate surface area is 111 Å². The van der Waals surface area contributed by atoms with Crippen LogP contribution < -0.4 is 0 Å². The van der Waals surface area contributed by atoms with Gasteiger partial charge in [0.1, 0.15) is 0 Å². The first-order chi connectivity index (χ1) is 7.04. The number of hydrogen-bond donors (Lipinski definition) is 1. The van der Waals surface area contributed by atoms with E-state index in [0.29, 0.717) is 6.42 Å². The summed E-state index contributed by atoms with van der Waals surface area (Å²) in [5.74, 6) is 0.823. The van der Waals surface area contributed by atoms with E-state index < -0.39 is 0 Å². The Kier molecular flexibility index (Phi) is 17.7. The molecule has 0 heterocycles. The minimum absolute atomic E-state index is 0.166. The zero-order chi connectivity index (χ0) is 12.1. The summed E-state index contributed by atoms with van der Waals surface area (Å²) in [5.41, 5.74) is 0. The molecular formula is C12H26OSSn. The quantitative estimate of drug-likeness (QED) is 0.414. The van der Waals surface area contributed by atoms with E-state index in [4.69, 9.17) is 5.11 Å². The van der Waals surface area contributed by atoms with Crippen molar-refractivity contribution >= 4 is 38.4 Å². The van der Waals surface area contributed by atoms with E-state index in [-0.39, 0.29) is 26.2 Å². The molecule has 15 heavy (non-hydrogen) atoms. The number of aliphatic hydroxyl groups is 1. The van der Waals surface area contributed by atoms with Crippen molar-refractivity contribution in [2.75, 3.05) is 0 Å². The van der Waals surface area contributed by atoms with Crippen LogP contribution in [0.1, 0.15) is 52.4 Å². The van der Waals surface area contributed by atoms with Crippen LogP contribution in [0.15, 0.2) is 0 Å². The van der Waals surface area contributed by atoms with E-state index in [2.05, 4.69) is 35.9 Å². The minimum atomic E-state index is 0.166. The van der Waals surface area contributed by atoms with Crippen LogP contribution in [0, 0.1) is 5.92 Å². The number of rotatable bonds is 7. The topological polar surface area (TPSA) is 20.2 Å². The molecule has 90 valence electrons. The first-order valence-corrected chi connectivity index (χ1v) is 12.0. The molecule has 0 fully saturated rings. The predicted octanol–water partition coefficient (Wildman–Crippen LogP) is 4.66. The van der Waals surface area contributed by atoms with Gasteiger partial charge in [-0.15, -0.1) is 0 Å². The molecule has 0 unspecified atom stereocenters. The van der Waals surface area contributed by atoms with Crippen LogP contribution in [-0.4, -0.2) is 31.3 Å². The fourth-order valence-electron chi connectivity index (χ4n) is 1.18. The molecule has 2 radical (unpaired) electrons. The van der Waals surface area contributed by atoms with Gasteiger partial charge in [-0.25, -0.2) is 0 Å². The molecule has 0 aromatic heterocycles. The average molecular weight is 337 g/mol. The molecule has 3 heteroatoms. The Bertz CT molecular complexity index is 138. The second kappa shape index (κ2) is 14.7.